The average Bonchev–Trinajstić information content (AvgIpc) is 2.94. The van der Waals surface area contributed by atoms with Gasteiger partial charge in [-0.25, -0.2) is 70.2 Å². The summed E-state index contributed by atoms with van der Waals surface area (Å²) in [5, 5.41) is -0.948. The lowest BCUT2D eigenvalue weighted by Crippen LogP contribution is -2.40. The van der Waals surface area contributed by atoms with Crippen LogP contribution in [0.4, 0.5) is 80.4 Å². The fourth-order valence-corrected chi connectivity index (χ4v) is 3.36. The molecule has 0 bridgehead atoms. The van der Waals surface area contributed by atoms with Gasteiger partial charge in [0.15, 0.2) is 81.3 Å². The Bertz CT molecular complexity index is 1640. The number of hydrazone groups is 1. The Labute approximate surface area is 212 Å². The van der Waals surface area contributed by atoms with Crippen LogP contribution in [0.15, 0.2) is 10.9 Å². The van der Waals surface area contributed by atoms with Gasteiger partial charge < -0.3 is 0 Å². The molecule has 0 unspecified atom stereocenters. The van der Waals surface area contributed by atoms with Crippen molar-refractivity contribution >= 4 is 17.1 Å². The lowest BCUT2D eigenvalue weighted by Gasteiger charge is -2.33. The first-order chi connectivity index (χ1) is 19.0. The van der Waals surface area contributed by atoms with Gasteiger partial charge in [0.1, 0.15) is 11.4 Å². The summed E-state index contributed by atoms with van der Waals surface area (Å²) >= 11 is 0. The molecule has 3 nitrogen and oxygen atoms in total. The first kappa shape index (κ1) is 29.5. The molecule has 0 fully saturated rings. The molecule has 0 N–H and O–H groups in total. The molecule has 1 aliphatic heterocycles. The van der Waals surface area contributed by atoms with E-state index in [1.54, 1.807) is 0 Å². The molecule has 3 aromatic carbocycles. The molecule has 0 aliphatic carbocycles. The first-order valence-electron chi connectivity index (χ1n) is 9.76. The second-order valence-electron chi connectivity index (χ2n) is 7.47. The van der Waals surface area contributed by atoms with Crippen LogP contribution in [0.2, 0.25) is 0 Å². The molecular weight excluding hydrogens is 617 g/mol. The van der Waals surface area contributed by atoms with Gasteiger partial charge in [0.2, 0.25) is 17.5 Å². The summed E-state index contributed by atoms with van der Waals surface area (Å²) in [5.74, 6) is -48.1. The molecule has 3 aromatic rings. The van der Waals surface area contributed by atoms with Crippen molar-refractivity contribution in [2.24, 2.45) is 5.10 Å². The third-order valence-corrected chi connectivity index (χ3v) is 5.24. The standard InChI is InChI=1S/C21F17N3/c22-3-1(4(23)8(27)11(30)7(3)26)19-18(37)20(2-5(24)9(28)12(31)10(29)6(2)25)40(38)41(39-19)21-16(35)14(33)13(32)15(34)17(21)36. The molecule has 0 aromatic heterocycles. The molecule has 0 amide bonds. The highest BCUT2D eigenvalue weighted by Gasteiger charge is 2.44. The van der Waals surface area contributed by atoms with E-state index in [-0.39, 0.29) is 0 Å². The van der Waals surface area contributed by atoms with Gasteiger partial charge in [0.05, 0.1) is 11.1 Å². The van der Waals surface area contributed by atoms with Crippen molar-refractivity contribution in [3.8, 4) is 0 Å². The number of rotatable bonds is 3. The van der Waals surface area contributed by atoms with Crippen LogP contribution in [0.5, 0.6) is 0 Å². The van der Waals surface area contributed by atoms with Gasteiger partial charge in [-0.1, -0.05) is 9.71 Å². The van der Waals surface area contributed by atoms with Gasteiger partial charge in [-0.2, -0.15) is 0 Å². The van der Waals surface area contributed by atoms with Crippen LogP contribution < -0.4 is 5.12 Å². The molecular formula is C21F17N3. The quantitative estimate of drug-likeness (QED) is 0.132. The minimum absolute atomic E-state index is 1.44. The zero-order valence-electron chi connectivity index (χ0n) is 18.3. The normalized spacial score (nSPS) is 13.9. The molecule has 1 aliphatic rings. The van der Waals surface area contributed by atoms with Crippen molar-refractivity contribution in [2.75, 3.05) is 5.12 Å². The van der Waals surface area contributed by atoms with E-state index in [2.05, 4.69) is 5.10 Å². The Morgan fingerprint density at radius 3 is 1.02 bits per heavy atom. The van der Waals surface area contributed by atoms with E-state index in [0.29, 0.717) is 0 Å². The monoisotopic (exact) mass is 617 g/mol. The van der Waals surface area contributed by atoms with Crippen LogP contribution in [0, 0.1) is 87.3 Å². The predicted molar refractivity (Wildman–Crippen MR) is 98.7 cm³/mol. The maximum absolute atomic E-state index is 15.4. The second-order valence-corrected chi connectivity index (χ2v) is 7.47. The summed E-state index contributed by atoms with van der Waals surface area (Å²) < 4.78 is 241. The molecule has 0 atom stereocenters. The summed E-state index contributed by atoms with van der Waals surface area (Å²) in [7, 11) is 0. The smallest absolute Gasteiger partial charge is 0.200 e. The number of benzene rings is 3. The van der Waals surface area contributed by atoms with Gasteiger partial charge >= 0.3 is 0 Å². The van der Waals surface area contributed by atoms with Crippen molar-refractivity contribution in [1.29, 1.82) is 0 Å². The van der Waals surface area contributed by atoms with Crippen molar-refractivity contribution < 1.29 is 74.7 Å². The maximum Gasteiger partial charge on any atom is 0.200 e. The van der Waals surface area contributed by atoms with Crippen molar-refractivity contribution in [3.05, 3.63) is 104 Å². The van der Waals surface area contributed by atoms with Crippen molar-refractivity contribution in [2.45, 2.75) is 0 Å². The van der Waals surface area contributed by atoms with Crippen LogP contribution >= 0.6 is 0 Å². The minimum Gasteiger partial charge on any atom is -0.203 e. The Morgan fingerprint density at radius 2 is 0.659 bits per heavy atom. The highest BCUT2D eigenvalue weighted by Crippen LogP contribution is 2.42. The fraction of sp³-hybridized carbons (Fsp3) is 0. The molecule has 0 saturated heterocycles. The number of anilines is 1. The molecule has 41 heavy (non-hydrogen) atoms. The van der Waals surface area contributed by atoms with E-state index in [4.69, 9.17) is 0 Å². The lowest BCUT2D eigenvalue weighted by atomic mass is 10.0. The third kappa shape index (κ3) is 4.02. The average molecular weight is 617 g/mol. The van der Waals surface area contributed by atoms with E-state index >= 15 is 8.87 Å². The minimum atomic E-state index is -3.08. The van der Waals surface area contributed by atoms with Crippen LogP contribution in [-0.4, -0.2) is 10.9 Å². The van der Waals surface area contributed by atoms with Gasteiger partial charge in [0.25, 0.3) is 0 Å². The number of allylic oxidation sites excluding steroid dienone is 1. The SMILES string of the molecule is FC1=C(c2c(F)c(F)c(F)c(F)c2F)N(F)N(c2c(F)c(F)c(F)c(F)c2F)N=C1c1c(F)c(F)c(F)c(F)c1F. The van der Waals surface area contributed by atoms with E-state index in [1.165, 1.54) is 0 Å². The number of hydrazine groups is 1. The van der Waals surface area contributed by atoms with Gasteiger partial charge in [-0.3, -0.25) is 0 Å². The predicted octanol–water partition coefficient (Wildman–Crippen LogP) is 7.44. The highest BCUT2D eigenvalue weighted by molar-refractivity contribution is 6.16. The van der Waals surface area contributed by atoms with E-state index in [9.17, 15) is 65.9 Å². The van der Waals surface area contributed by atoms with E-state index in [0.717, 1.165) is 0 Å². The zero-order chi connectivity index (χ0) is 31.0. The Kier molecular flexibility index (Phi) is 7.07. The van der Waals surface area contributed by atoms with Gasteiger partial charge in [-0.15, -0.1) is 10.2 Å². The topological polar surface area (TPSA) is 18.8 Å². The second kappa shape index (κ2) is 9.84. The molecule has 20 heteroatoms. The fourth-order valence-electron chi connectivity index (χ4n) is 3.36. The Balaban J connectivity index is 2.21. The molecule has 0 saturated carbocycles. The third-order valence-electron chi connectivity index (χ3n) is 5.24. The van der Waals surface area contributed by atoms with E-state index in [1.807, 2.05) is 0 Å². The van der Waals surface area contributed by atoms with Crippen molar-refractivity contribution in [3.63, 3.8) is 0 Å². The summed E-state index contributed by atoms with van der Waals surface area (Å²) in [6, 6.07) is 0. The van der Waals surface area contributed by atoms with Gasteiger partial charge in [-0.05, 0) is 0 Å². The van der Waals surface area contributed by atoms with Crippen LogP contribution in [-0.2, 0) is 0 Å². The molecule has 1 heterocycles. The molecule has 0 spiro atoms. The summed E-state index contributed by atoms with van der Waals surface area (Å²) in [4.78, 5) is 0. The maximum atomic E-state index is 15.4. The first-order valence-corrected chi connectivity index (χ1v) is 9.76. The number of hydrogen-bond acceptors (Lipinski definition) is 3. The largest absolute Gasteiger partial charge is 0.203 e. The molecule has 218 valence electrons. The highest BCUT2D eigenvalue weighted by atomic mass is 19.2. The summed E-state index contributed by atoms with van der Waals surface area (Å²) in [6.45, 7) is 0. The zero-order valence-corrected chi connectivity index (χ0v) is 18.3. The summed E-state index contributed by atoms with van der Waals surface area (Å²) in [5.41, 5.74) is -13.5. The lowest BCUT2D eigenvalue weighted by molar-refractivity contribution is 0.0807. The molecule has 4 rings (SSSR count). The Hall–Kier alpha value is -4.52. The van der Waals surface area contributed by atoms with E-state index < -0.39 is 132 Å². The van der Waals surface area contributed by atoms with Gasteiger partial charge in [0, 0.05) is 0 Å². The Morgan fingerprint density at radius 1 is 0.366 bits per heavy atom. The molecule has 0 radical (unpaired) electrons. The summed E-state index contributed by atoms with van der Waals surface area (Å²) in [6.07, 6.45) is 0. The van der Waals surface area contributed by atoms with Crippen LogP contribution in [0.3, 0.4) is 0 Å². The number of hydrogen-bond donors (Lipinski definition) is 0. The van der Waals surface area contributed by atoms with Crippen LogP contribution in [0.1, 0.15) is 11.1 Å². The van der Waals surface area contributed by atoms with Crippen LogP contribution in [0.25, 0.3) is 5.70 Å². The number of halogens is 17. The number of nitrogens with zero attached hydrogens (tertiary/aromatic N) is 3. The van der Waals surface area contributed by atoms with Crippen molar-refractivity contribution in [1.82, 2.24) is 5.23 Å².